The van der Waals surface area contributed by atoms with E-state index in [1.54, 1.807) is 7.11 Å². The van der Waals surface area contributed by atoms with Gasteiger partial charge in [-0.05, 0) is 0 Å². The summed E-state index contributed by atoms with van der Waals surface area (Å²) in [6, 6.07) is 0. The second-order valence-corrected chi connectivity index (χ2v) is 5.29. The van der Waals surface area contributed by atoms with Crippen molar-refractivity contribution in [1.82, 2.24) is 9.97 Å². The fourth-order valence-electron chi connectivity index (χ4n) is 1.81. The van der Waals surface area contributed by atoms with E-state index in [0.29, 0.717) is 16.8 Å². The third-order valence-corrected chi connectivity index (χ3v) is 3.69. The minimum atomic E-state index is 0.401. The van der Waals surface area contributed by atoms with Gasteiger partial charge in [-0.25, -0.2) is 9.97 Å². The molecule has 1 atom stereocenters. The molecule has 1 unspecified atom stereocenters. The van der Waals surface area contributed by atoms with Crippen molar-refractivity contribution in [3.63, 3.8) is 0 Å². The number of nitrogens with two attached hydrogens (primary N) is 1. The van der Waals surface area contributed by atoms with Crippen molar-refractivity contribution in [2.75, 3.05) is 36.6 Å². The van der Waals surface area contributed by atoms with Gasteiger partial charge in [0.2, 0.25) is 5.75 Å². The summed E-state index contributed by atoms with van der Waals surface area (Å²) in [7, 11) is 1.60. The first-order valence-corrected chi connectivity index (χ1v) is 6.28. The van der Waals surface area contributed by atoms with Gasteiger partial charge in [-0.2, -0.15) is 11.8 Å². The molecule has 0 aromatic carbocycles. The quantitative estimate of drug-likeness (QED) is 0.832. The van der Waals surface area contributed by atoms with E-state index in [1.165, 1.54) is 6.33 Å². The molecular weight excluding hydrogens is 224 g/mol. The highest BCUT2D eigenvalue weighted by atomic mass is 32.2. The van der Waals surface area contributed by atoms with Crippen molar-refractivity contribution in [1.29, 1.82) is 0 Å². The van der Waals surface area contributed by atoms with Gasteiger partial charge in [0.25, 0.3) is 0 Å². The number of methoxy groups -OCH3 is 1. The number of nitrogens with zero attached hydrogens (tertiary/aromatic N) is 3. The van der Waals surface area contributed by atoms with Gasteiger partial charge in [0.15, 0.2) is 11.6 Å². The van der Waals surface area contributed by atoms with Crippen LogP contribution in [0.5, 0.6) is 5.75 Å². The lowest BCUT2D eigenvalue weighted by Gasteiger charge is -2.32. The highest BCUT2D eigenvalue weighted by Gasteiger charge is 2.22. The minimum Gasteiger partial charge on any atom is -0.490 e. The largest absolute Gasteiger partial charge is 0.490 e. The predicted octanol–water partition coefficient (Wildman–Crippen LogP) is 1.01. The zero-order chi connectivity index (χ0) is 11.5. The van der Waals surface area contributed by atoms with Crippen LogP contribution in [-0.4, -0.2) is 41.2 Å². The van der Waals surface area contributed by atoms with Crippen molar-refractivity contribution in [2.45, 2.75) is 12.2 Å². The topological polar surface area (TPSA) is 64.3 Å². The fraction of sp³-hybridized carbons (Fsp3) is 0.600. The number of anilines is 2. The molecule has 0 amide bonds. The Kier molecular flexibility index (Phi) is 3.38. The second kappa shape index (κ2) is 4.78. The first-order chi connectivity index (χ1) is 7.72. The number of nitrogen functional groups attached to an aromatic ring is 1. The van der Waals surface area contributed by atoms with E-state index in [9.17, 15) is 0 Å². The van der Waals surface area contributed by atoms with E-state index in [2.05, 4.69) is 21.8 Å². The summed E-state index contributed by atoms with van der Waals surface area (Å²) in [5, 5.41) is 0.606. The van der Waals surface area contributed by atoms with Gasteiger partial charge in [0.1, 0.15) is 6.33 Å². The standard InChI is InChI=1S/C10H16N4OS/c1-7-5-14(3-4-16-7)10-8(15-2)9(11)12-6-13-10/h6-7H,3-5H2,1-2H3,(H2,11,12,13). The molecule has 6 heteroatoms. The zero-order valence-electron chi connectivity index (χ0n) is 9.51. The highest BCUT2D eigenvalue weighted by Crippen LogP contribution is 2.32. The molecule has 0 saturated carbocycles. The normalized spacial score (nSPS) is 20.9. The molecule has 0 bridgehead atoms. The number of rotatable bonds is 2. The first kappa shape index (κ1) is 11.3. The molecule has 0 spiro atoms. The van der Waals surface area contributed by atoms with Crippen LogP contribution < -0.4 is 15.4 Å². The smallest absolute Gasteiger partial charge is 0.204 e. The summed E-state index contributed by atoms with van der Waals surface area (Å²) in [4.78, 5) is 10.4. The third kappa shape index (κ3) is 2.16. The van der Waals surface area contributed by atoms with Gasteiger partial charge in [-0.3, -0.25) is 0 Å². The minimum absolute atomic E-state index is 0.401. The van der Waals surface area contributed by atoms with Gasteiger partial charge < -0.3 is 15.4 Å². The molecule has 1 aromatic rings. The van der Waals surface area contributed by atoms with Crippen molar-refractivity contribution in [3.8, 4) is 5.75 Å². The number of hydrogen-bond acceptors (Lipinski definition) is 6. The highest BCUT2D eigenvalue weighted by molar-refractivity contribution is 8.00. The molecule has 5 nitrogen and oxygen atoms in total. The van der Waals surface area contributed by atoms with Crippen LogP contribution in [0.1, 0.15) is 6.92 Å². The molecule has 1 saturated heterocycles. The van der Waals surface area contributed by atoms with E-state index in [-0.39, 0.29) is 0 Å². The molecule has 1 aliphatic rings. The number of hydrogen-bond donors (Lipinski definition) is 1. The summed E-state index contributed by atoms with van der Waals surface area (Å²) in [5.74, 6) is 2.90. The summed E-state index contributed by atoms with van der Waals surface area (Å²) >= 11 is 1.98. The van der Waals surface area contributed by atoms with Crippen molar-refractivity contribution >= 4 is 23.4 Å². The van der Waals surface area contributed by atoms with Crippen LogP contribution in [0.3, 0.4) is 0 Å². The average molecular weight is 240 g/mol. The van der Waals surface area contributed by atoms with Gasteiger partial charge in [-0.1, -0.05) is 6.92 Å². The van der Waals surface area contributed by atoms with Crippen LogP contribution in [0.2, 0.25) is 0 Å². The molecule has 88 valence electrons. The molecule has 1 aliphatic heterocycles. The van der Waals surface area contributed by atoms with Gasteiger partial charge >= 0.3 is 0 Å². The molecule has 16 heavy (non-hydrogen) atoms. The van der Waals surface area contributed by atoms with Crippen molar-refractivity contribution < 1.29 is 4.74 Å². The Balaban J connectivity index is 2.28. The van der Waals surface area contributed by atoms with Crippen LogP contribution in [0.15, 0.2) is 6.33 Å². The van der Waals surface area contributed by atoms with E-state index < -0.39 is 0 Å². The predicted molar refractivity (Wildman–Crippen MR) is 67.1 cm³/mol. The molecule has 0 aliphatic carbocycles. The Hall–Kier alpha value is -1.17. The summed E-state index contributed by atoms with van der Waals surface area (Å²) < 4.78 is 5.27. The van der Waals surface area contributed by atoms with Crippen molar-refractivity contribution in [2.24, 2.45) is 0 Å². The maximum absolute atomic E-state index is 5.77. The van der Waals surface area contributed by atoms with E-state index >= 15 is 0 Å². The lowest BCUT2D eigenvalue weighted by atomic mass is 10.3. The van der Waals surface area contributed by atoms with E-state index in [1.807, 2.05) is 11.8 Å². The number of aromatic nitrogens is 2. The molecule has 1 aromatic heterocycles. The third-order valence-electron chi connectivity index (χ3n) is 2.56. The summed E-state index contributed by atoms with van der Waals surface area (Å²) in [6.45, 7) is 4.16. The van der Waals surface area contributed by atoms with Crippen LogP contribution in [-0.2, 0) is 0 Å². The lowest BCUT2D eigenvalue weighted by Crippen LogP contribution is -2.37. The van der Waals surface area contributed by atoms with Crippen LogP contribution in [0.25, 0.3) is 0 Å². The van der Waals surface area contributed by atoms with Crippen LogP contribution in [0.4, 0.5) is 11.6 Å². The van der Waals surface area contributed by atoms with Gasteiger partial charge in [0, 0.05) is 24.1 Å². The number of thioether (sulfide) groups is 1. The molecule has 2 rings (SSSR count). The molecule has 0 radical (unpaired) electrons. The summed E-state index contributed by atoms with van der Waals surface area (Å²) in [5.41, 5.74) is 5.77. The SMILES string of the molecule is COc1c(N)ncnc1N1CCSC(C)C1. The van der Waals surface area contributed by atoms with Crippen LogP contribution in [0, 0.1) is 0 Å². The average Bonchev–Trinajstić information content (AvgIpc) is 2.28. The zero-order valence-corrected chi connectivity index (χ0v) is 10.3. The molecule has 2 N–H and O–H groups in total. The summed E-state index contributed by atoms with van der Waals surface area (Å²) in [6.07, 6.45) is 1.49. The second-order valence-electron chi connectivity index (χ2n) is 3.74. The first-order valence-electron chi connectivity index (χ1n) is 5.23. The Labute approximate surface area is 99.4 Å². The maximum atomic E-state index is 5.77. The van der Waals surface area contributed by atoms with Crippen LogP contribution >= 0.6 is 11.8 Å². The lowest BCUT2D eigenvalue weighted by molar-refractivity contribution is 0.412. The Morgan fingerprint density at radius 3 is 3.06 bits per heavy atom. The maximum Gasteiger partial charge on any atom is 0.204 e. The van der Waals surface area contributed by atoms with Crippen molar-refractivity contribution in [3.05, 3.63) is 6.33 Å². The molecule has 2 heterocycles. The molecular formula is C10H16N4OS. The monoisotopic (exact) mass is 240 g/mol. The number of ether oxygens (including phenoxy) is 1. The Morgan fingerprint density at radius 1 is 1.56 bits per heavy atom. The van der Waals surface area contributed by atoms with Gasteiger partial charge in [-0.15, -0.1) is 0 Å². The Morgan fingerprint density at radius 2 is 2.38 bits per heavy atom. The van der Waals surface area contributed by atoms with E-state index in [0.717, 1.165) is 24.7 Å². The van der Waals surface area contributed by atoms with Gasteiger partial charge in [0.05, 0.1) is 7.11 Å². The Bertz CT molecular complexity index is 374. The fourth-order valence-corrected chi connectivity index (χ4v) is 2.82. The molecule has 1 fully saturated rings. The van der Waals surface area contributed by atoms with E-state index in [4.69, 9.17) is 10.5 Å².